The molecule has 2 unspecified atom stereocenters. The fraction of sp³-hybridized carbons (Fsp3) is 0.593. The second-order valence-corrected chi connectivity index (χ2v) is 10.7. The molecule has 5 N–H and O–H groups in total. The number of methoxy groups -OCH3 is 2. The van der Waals surface area contributed by atoms with Crippen LogP contribution in [0.2, 0.25) is 0 Å². The van der Waals surface area contributed by atoms with E-state index in [0.717, 1.165) is 42.7 Å². The van der Waals surface area contributed by atoms with Crippen LogP contribution in [0.1, 0.15) is 63.9 Å². The molecule has 4 rings (SSSR count). The maximum atomic E-state index is 11.0. The molecule has 11 heteroatoms. The predicted octanol–water partition coefficient (Wildman–Crippen LogP) is 2.87. The summed E-state index contributed by atoms with van der Waals surface area (Å²) < 4.78 is 16.7. The highest BCUT2D eigenvalue weighted by Crippen LogP contribution is 2.37. The molecule has 3 atom stereocenters. The van der Waals surface area contributed by atoms with Crippen LogP contribution in [0.5, 0.6) is 11.8 Å². The summed E-state index contributed by atoms with van der Waals surface area (Å²) in [4.78, 5) is 19.1. The van der Waals surface area contributed by atoms with Gasteiger partial charge in [-0.05, 0) is 58.1 Å². The van der Waals surface area contributed by atoms with E-state index in [0.29, 0.717) is 24.0 Å². The number of nitrogens with two attached hydrogens (primary N) is 1. The van der Waals surface area contributed by atoms with E-state index in [-0.39, 0.29) is 18.2 Å². The van der Waals surface area contributed by atoms with E-state index in [1.54, 1.807) is 20.4 Å². The average molecular weight is 528 g/mol. The summed E-state index contributed by atoms with van der Waals surface area (Å²) in [5, 5.41) is 15.2. The first-order valence-electron chi connectivity index (χ1n) is 13.1. The minimum Gasteiger partial charge on any atom is -0.496 e. The molecule has 1 saturated heterocycles. The number of hydrogen-bond acceptors (Lipinski definition) is 10. The van der Waals surface area contributed by atoms with Gasteiger partial charge in [0.2, 0.25) is 0 Å². The van der Waals surface area contributed by atoms with E-state index >= 15 is 0 Å². The maximum Gasteiger partial charge on any atom is 0.319 e. The summed E-state index contributed by atoms with van der Waals surface area (Å²) in [6.45, 7) is 9.63. The van der Waals surface area contributed by atoms with Gasteiger partial charge in [0.25, 0.3) is 0 Å². The number of pyridine rings is 1. The lowest BCUT2D eigenvalue weighted by Crippen LogP contribution is -2.52. The van der Waals surface area contributed by atoms with Crippen molar-refractivity contribution in [1.29, 1.82) is 0 Å². The number of anilines is 1. The number of rotatable bonds is 11. The number of nitrogens with one attached hydrogen (secondary N) is 2. The van der Waals surface area contributed by atoms with Crippen LogP contribution < -0.4 is 25.4 Å². The van der Waals surface area contributed by atoms with Crippen LogP contribution in [0.3, 0.4) is 0 Å². The van der Waals surface area contributed by atoms with Crippen molar-refractivity contribution in [2.24, 2.45) is 5.73 Å². The molecule has 0 saturated carbocycles. The Hall–Kier alpha value is -2.99. The molecule has 11 nitrogen and oxygen atoms in total. The Labute approximate surface area is 224 Å². The number of aliphatic hydroxyl groups is 1. The lowest BCUT2D eigenvalue weighted by atomic mass is 9.89. The third kappa shape index (κ3) is 6.35. The first-order chi connectivity index (χ1) is 18.1. The molecule has 0 spiro atoms. The first kappa shape index (κ1) is 28.0. The quantitative estimate of drug-likeness (QED) is 0.275. The molecule has 0 aliphatic carbocycles. The molecule has 1 aliphatic heterocycles. The normalized spacial score (nSPS) is 17.4. The first-order valence-corrected chi connectivity index (χ1v) is 13.1. The van der Waals surface area contributed by atoms with Gasteiger partial charge in [0, 0.05) is 50.2 Å². The fourth-order valence-corrected chi connectivity index (χ4v) is 4.73. The number of aromatic amines is 1. The van der Waals surface area contributed by atoms with E-state index in [4.69, 9.17) is 24.9 Å². The van der Waals surface area contributed by atoms with E-state index in [1.807, 2.05) is 39.8 Å². The largest absolute Gasteiger partial charge is 0.496 e. The van der Waals surface area contributed by atoms with Gasteiger partial charge in [0.1, 0.15) is 29.5 Å². The second kappa shape index (κ2) is 11.8. The SMILES string of the molecule is COC[C@@H](C)Oc1nc(C(O)NC(C)C(C)(C)N)cc(N2CCC(c3c[nH]c4nccc(OC)c34)CC2)n1. The Morgan fingerprint density at radius 1 is 1.24 bits per heavy atom. The molecule has 0 amide bonds. The van der Waals surface area contributed by atoms with Crippen LogP contribution in [0, 0.1) is 0 Å². The number of hydrogen-bond donors (Lipinski definition) is 4. The van der Waals surface area contributed by atoms with E-state index in [1.165, 1.54) is 5.56 Å². The number of nitrogens with zero attached hydrogens (tertiary/aromatic N) is 4. The van der Waals surface area contributed by atoms with E-state index in [2.05, 4.69) is 31.4 Å². The van der Waals surface area contributed by atoms with Gasteiger partial charge < -0.3 is 34.9 Å². The molecule has 38 heavy (non-hydrogen) atoms. The number of fused-ring (bicyclic) bond motifs is 1. The number of H-pyrrole nitrogens is 1. The summed E-state index contributed by atoms with van der Waals surface area (Å²) in [6, 6.07) is 3.76. The lowest BCUT2D eigenvalue weighted by molar-refractivity contribution is 0.0820. The molecule has 4 heterocycles. The maximum absolute atomic E-state index is 11.0. The third-order valence-electron chi connectivity index (χ3n) is 7.27. The number of ether oxygens (including phenoxy) is 3. The van der Waals surface area contributed by atoms with Crippen molar-refractivity contribution in [3.05, 3.63) is 35.8 Å². The summed E-state index contributed by atoms with van der Waals surface area (Å²) >= 11 is 0. The summed E-state index contributed by atoms with van der Waals surface area (Å²) in [6.07, 6.45) is 4.39. The van der Waals surface area contributed by atoms with E-state index < -0.39 is 11.8 Å². The lowest BCUT2D eigenvalue weighted by Gasteiger charge is -2.33. The third-order valence-corrected chi connectivity index (χ3v) is 7.27. The Morgan fingerprint density at radius 3 is 2.63 bits per heavy atom. The van der Waals surface area contributed by atoms with Crippen molar-refractivity contribution < 1.29 is 19.3 Å². The van der Waals surface area contributed by atoms with E-state index in [9.17, 15) is 5.11 Å². The zero-order chi connectivity index (χ0) is 27.4. The predicted molar refractivity (Wildman–Crippen MR) is 147 cm³/mol. The summed E-state index contributed by atoms with van der Waals surface area (Å²) in [5.41, 5.74) is 8.19. The van der Waals surface area contributed by atoms with Gasteiger partial charge in [-0.3, -0.25) is 5.32 Å². The van der Waals surface area contributed by atoms with Gasteiger partial charge in [0.05, 0.1) is 24.8 Å². The van der Waals surface area contributed by atoms with Gasteiger partial charge in [0.15, 0.2) is 0 Å². The Kier molecular flexibility index (Phi) is 8.71. The van der Waals surface area contributed by atoms with Crippen LogP contribution in [0.25, 0.3) is 11.0 Å². The van der Waals surface area contributed by atoms with Crippen LogP contribution in [-0.2, 0) is 4.74 Å². The van der Waals surface area contributed by atoms with Crippen molar-refractivity contribution in [1.82, 2.24) is 25.3 Å². The van der Waals surface area contributed by atoms with Gasteiger partial charge in [-0.15, -0.1) is 0 Å². The standard InChI is InChI=1S/C27H41N7O4/c1-16(15-36-5)38-26-32-20(25(35)31-17(2)27(3,4)28)13-22(33-26)34-11-8-18(9-12-34)19-14-30-24-23(19)21(37-6)7-10-29-24/h7,10,13-14,16-18,25,31,35H,8-9,11-12,15,28H2,1-6H3,(H,29,30)/t16-,17?,25?/m1/s1. The zero-order valence-corrected chi connectivity index (χ0v) is 23.2. The van der Waals surface area contributed by atoms with Gasteiger partial charge >= 0.3 is 6.01 Å². The monoisotopic (exact) mass is 527 g/mol. The Balaban J connectivity index is 1.55. The summed E-state index contributed by atoms with van der Waals surface area (Å²) in [7, 11) is 3.31. The molecule has 1 fully saturated rings. The number of piperidine rings is 1. The van der Waals surface area contributed by atoms with Crippen LogP contribution in [0.15, 0.2) is 24.5 Å². The molecular formula is C27H41N7O4. The van der Waals surface area contributed by atoms with Crippen molar-refractivity contribution in [2.45, 2.75) is 70.4 Å². The van der Waals surface area contributed by atoms with Crippen molar-refractivity contribution in [2.75, 3.05) is 38.8 Å². The van der Waals surface area contributed by atoms with Crippen LogP contribution in [-0.4, -0.2) is 76.6 Å². The average Bonchev–Trinajstić information content (AvgIpc) is 3.32. The topological polar surface area (TPSA) is 144 Å². The highest BCUT2D eigenvalue weighted by Gasteiger charge is 2.28. The highest BCUT2D eigenvalue weighted by molar-refractivity contribution is 5.86. The fourth-order valence-electron chi connectivity index (χ4n) is 4.73. The van der Waals surface area contributed by atoms with Gasteiger partial charge in [-0.2, -0.15) is 9.97 Å². The molecule has 3 aromatic rings. The smallest absolute Gasteiger partial charge is 0.319 e. The molecule has 0 bridgehead atoms. The molecular weight excluding hydrogens is 486 g/mol. The number of aromatic nitrogens is 4. The van der Waals surface area contributed by atoms with Crippen LogP contribution in [0.4, 0.5) is 5.82 Å². The molecule has 0 radical (unpaired) electrons. The molecule has 208 valence electrons. The van der Waals surface area contributed by atoms with Crippen molar-refractivity contribution in [3.63, 3.8) is 0 Å². The molecule has 1 aliphatic rings. The molecule has 0 aromatic carbocycles. The Morgan fingerprint density at radius 2 is 1.97 bits per heavy atom. The second-order valence-electron chi connectivity index (χ2n) is 10.7. The van der Waals surface area contributed by atoms with Gasteiger partial charge in [-0.1, -0.05) is 0 Å². The van der Waals surface area contributed by atoms with Gasteiger partial charge in [-0.25, -0.2) is 4.98 Å². The summed E-state index contributed by atoms with van der Waals surface area (Å²) in [5.74, 6) is 1.90. The minimum absolute atomic E-state index is 0.161. The Bertz CT molecular complexity index is 1200. The van der Waals surface area contributed by atoms with Crippen molar-refractivity contribution in [3.8, 4) is 11.8 Å². The van der Waals surface area contributed by atoms with Crippen molar-refractivity contribution >= 4 is 16.9 Å². The number of aliphatic hydroxyl groups excluding tert-OH is 1. The zero-order valence-electron chi connectivity index (χ0n) is 23.2. The van der Waals surface area contributed by atoms with Crippen LogP contribution >= 0.6 is 0 Å². The molecule has 3 aromatic heterocycles. The highest BCUT2D eigenvalue weighted by atomic mass is 16.5. The minimum atomic E-state index is -1.03.